The third kappa shape index (κ3) is 5.28. The summed E-state index contributed by atoms with van der Waals surface area (Å²) in [5.41, 5.74) is 1.59. The fourth-order valence-corrected chi connectivity index (χ4v) is 2.35. The van der Waals surface area contributed by atoms with E-state index in [4.69, 9.17) is 21.4 Å². The van der Waals surface area contributed by atoms with Gasteiger partial charge in [-0.25, -0.2) is 0 Å². The van der Waals surface area contributed by atoms with E-state index in [9.17, 15) is 9.59 Å². The van der Waals surface area contributed by atoms with Gasteiger partial charge in [-0.15, -0.1) is 0 Å². The lowest BCUT2D eigenvalue weighted by Crippen LogP contribution is -2.33. The molecule has 0 unspecified atom stereocenters. The van der Waals surface area contributed by atoms with E-state index in [2.05, 4.69) is 5.32 Å². The van der Waals surface area contributed by atoms with Gasteiger partial charge in [0.15, 0.2) is 6.61 Å². The molecule has 2 N–H and O–H groups in total. The Morgan fingerprint density at radius 1 is 1.17 bits per heavy atom. The van der Waals surface area contributed by atoms with Gasteiger partial charge in [0.1, 0.15) is 5.75 Å². The molecule has 6 heteroatoms. The van der Waals surface area contributed by atoms with Crippen molar-refractivity contribution in [3.8, 4) is 5.75 Å². The molecule has 2 rings (SSSR count). The Morgan fingerprint density at radius 2 is 1.83 bits per heavy atom. The van der Waals surface area contributed by atoms with Gasteiger partial charge in [-0.2, -0.15) is 0 Å². The second-order valence-electron chi connectivity index (χ2n) is 5.32. The van der Waals surface area contributed by atoms with E-state index < -0.39 is 12.0 Å². The molecule has 0 bridgehead atoms. The lowest BCUT2D eigenvalue weighted by molar-refractivity contribution is -0.137. The summed E-state index contributed by atoms with van der Waals surface area (Å²) >= 11 is 5.84. The lowest BCUT2D eigenvalue weighted by Gasteiger charge is -2.18. The molecular formula is C18H18ClNO4. The van der Waals surface area contributed by atoms with Gasteiger partial charge in [-0.05, 0) is 36.2 Å². The van der Waals surface area contributed by atoms with Crippen LogP contribution in [0, 0.1) is 6.92 Å². The zero-order valence-corrected chi connectivity index (χ0v) is 13.9. The van der Waals surface area contributed by atoms with Gasteiger partial charge in [0, 0.05) is 5.02 Å². The molecule has 1 amide bonds. The molecule has 2 aromatic carbocycles. The predicted octanol–water partition coefficient (Wildman–Crippen LogP) is 3.36. The van der Waals surface area contributed by atoms with Gasteiger partial charge >= 0.3 is 5.97 Å². The molecule has 24 heavy (non-hydrogen) atoms. The van der Waals surface area contributed by atoms with E-state index in [-0.39, 0.29) is 18.9 Å². The maximum Gasteiger partial charge on any atom is 0.305 e. The molecule has 126 valence electrons. The first-order chi connectivity index (χ1) is 11.5. The Hall–Kier alpha value is -2.53. The summed E-state index contributed by atoms with van der Waals surface area (Å²) in [4.78, 5) is 23.2. The summed E-state index contributed by atoms with van der Waals surface area (Å²) in [6.07, 6.45) is -0.224. The zero-order valence-electron chi connectivity index (χ0n) is 13.2. The molecule has 0 saturated carbocycles. The van der Waals surface area contributed by atoms with Gasteiger partial charge in [0.05, 0.1) is 12.5 Å². The number of carbonyl (C=O) groups excluding carboxylic acids is 1. The van der Waals surface area contributed by atoms with E-state index in [1.54, 1.807) is 30.3 Å². The van der Waals surface area contributed by atoms with E-state index in [0.717, 1.165) is 5.56 Å². The van der Waals surface area contributed by atoms with Crippen molar-refractivity contribution in [1.82, 2.24) is 5.32 Å². The minimum Gasteiger partial charge on any atom is -0.484 e. The topological polar surface area (TPSA) is 75.6 Å². The van der Waals surface area contributed by atoms with E-state index >= 15 is 0 Å². The van der Waals surface area contributed by atoms with Crippen molar-refractivity contribution in [1.29, 1.82) is 0 Å². The number of carboxylic acids is 1. The minimum absolute atomic E-state index is 0.186. The molecule has 2 aromatic rings. The molecule has 0 heterocycles. The number of para-hydroxylation sites is 1. The van der Waals surface area contributed by atoms with Crippen LogP contribution in [0.2, 0.25) is 5.02 Å². The third-order valence-electron chi connectivity index (χ3n) is 3.44. The molecular weight excluding hydrogens is 330 g/mol. The Labute approximate surface area is 145 Å². The highest BCUT2D eigenvalue weighted by Gasteiger charge is 2.18. The van der Waals surface area contributed by atoms with Crippen LogP contribution < -0.4 is 10.1 Å². The summed E-state index contributed by atoms with van der Waals surface area (Å²) in [5.74, 6) is -0.775. The maximum absolute atomic E-state index is 12.1. The molecule has 0 spiro atoms. The fourth-order valence-electron chi connectivity index (χ4n) is 2.22. The van der Waals surface area contributed by atoms with Gasteiger partial charge in [0.2, 0.25) is 0 Å². The number of carbonyl (C=O) groups is 2. The molecule has 0 fully saturated rings. The van der Waals surface area contributed by atoms with Crippen LogP contribution in [-0.2, 0) is 9.59 Å². The molecule has 0 saturated heterocycles. The number of hydrogen-bond donors (Lipinski definition) is 2. The van der Waals surface area contributed by atoms with E-state index in [1.165, 1.54) is 0 Å². The monoisotopic (exact) mass is 347 g/mol. The summed E-state index contributed by atoms with van der Waals surface area (Å²) in [5, 5.41) is 12.3. The second-order valence-corrected chi connectivity index (χ2v) is 5.76. The Morgan fingerprint density at radius 3 is 2.46 bits per heavy atom. The fraction of sp³-hybridized carbons (Fsp3) is 0.222. The van der Waals surface area contributed by atoms with Crippen LogP contribution in [0.4, 0.5) is 0 Å². The Balaban J connectivity index is 2.00. The van der Waals surface area contributed by atoms with Crippen LogP contribution >= 0.6 is 11.6 Å². The highest BCUT2D eigenvalue weighted by molar-refractivity contribution is 6.30. The lowest BCUT2D eigenvalue weighted by atomic mass is 10.0. The van der Waals surface area contributed by atoms with Gasteiger partial charge in [0.25, 0.3) is 5.91 Å². The largest absolute Gasteiger partial charge is 0.484 e. The smallest absolute Gasteiger partial charge is 0.305 e. The number of hydrogen-bond acceptors (Lipinski definition) is 3. The van der Waals surface area contributed by atoms with Gasteiger partial charge in [-0.3, -0.25) is 9.59 Å². The van der Waals surface area contributed by atoms with Crippen molar-refractivity contribution in [2.45, 2.75) is 19.4 Å². The van der Waals surface area contributed by atoms with Crippen molar-refractivity contribution in [3.63, 3.8) is 0 Å². The Kier molecular flexibility index (Phi) is 6.21. The van der Waals surface area contributed by atoms with E-state index in [1.807, 2.05) is 25.1 Å². The van der Waals surface area contributed by atoms with Crippen LogP contribution in [0.25, 0.3) is 0 Å². The average molecular weight is 348 g/mol. The van der Waals surface area contributed by atoms with Crippen molar-refractivity contribution < 1.29 is 19.4 Å². The number of carboxylic acid groups (broad SMARTS) is 1. The van der Waals surface area contributed by atoms with Crippen LogP contribution in [-0.4, -0.2) is 23.6 Å². The summed E-state index contributed by atoms with van der Waals surface area (Å²) in [6, 6.07) is 13.4. The predicted molar refractivity (Wildman–Crippen MR) is 91.3 cm³/mol. The SMILES string of the molecule is Cc1ccccc1OCC(=O)N[C@H](CC(=O)O)c1ccc(Cl)cc1. The second kappa shape index (κ2) is 8.36. The van der Waals surface area contributed by atoms with Crippen molar-refractivity contribution in [3.05, 3.63) is 64.7 Å². The van der Waals surface area contributed by atoms with E-state index in [0.29, 0.717) is 16.3 Å². The van der Waals surface area contributed by atoms with Crippen molar-refractivity contribution in [2.75, 3.05) is 6.61 Å². The number of amides is 1. The first kappa shape index (κ1) is 17.8. The van der Waals surface area contributed by atoms with Crippen LogP contribution in [0.3, 0.4) is 0 Å². The number of benzene rings is 2. The van der Waals surface area contributed by atoms with Crippen molar-refractivity contribution in [2.24, 2.45) is 0 Å². The number of nitrogens with one attached hydrogen (secondary N) is 1. The van der Waals surface area contributed by atoms with Gasteiger partial charge < -0.3 is 15.2 Å². The number of rotatable bonds is 7. The molecule has 0 aliphatic carbocycles. The van der Waals surface area contributed by atoms with Crippen molar-refractivity contribution >= 4 is 23.5 Å². The third-order valence-corrected chi connectivity index (χ3v) is 3.69. The zero-order chi connectivity index (χ0) is 17.5. The average Bonchev–Trinajstić information content (AvgIpc) is 2.54. The number of halogens is 1. The first-order valence-corrected chi connectivity index (χ1v) is 7.78. The molecule has 0 aliphatic rings. The quantitative estimate of drug-likeness (QED) is 0.805. The molecule has 0 aliphatic heterocycles. The van der Waals surface area contributed by atoms with Gasteiger partial charge in [-0.1, -0.05) is 41.9 Å². The number of aryl methyl sites for hydroxylation is 1. The Bertz CT molecular complexity index is 715. The highest BCUT2D eigenvalue weighted by atomic mass is 35.5. The minimum atomic E-state index is -1.00. The first-order valence-electron chi connectivity index (χ1n) is 7.41. The maximum atomic E-state index is 12.1. The normalized spacial score (nSPS) is 11.6. The standard InChI is InChI=1S/C18H18ClNO4/c1-12-4-2-3-5-16(12)24-11-17(21)20-15(10-18(22)23)13-6-8-14(19)9-7-13/h2-9,15H,10-11H2,1H3,(H,20,21)(H,22,23)/t15-/m1/s1. The highest BCUT2D eigenvalue weighted by Crippen LogP contribution is 2.20. The molecule has 1 atom stereocenters. The van der Waals surface area contributed by atoms with Crippen LogP contribution in [0.5, 0.6) is 5.75 Å². The molecule has 0 aromatic heterocycles. The van der Waals surface area contributed by atoms with Crippen LogP contribution in [0.1, 0.15) is 23.6 Å². The number of aliphatic carboxylic acids is 1. The summed E-state index contributed by atoms with van der Waals surface area (Å²) in [7, 11) is 0. The molecule has 0 radical (unpaired) electrons. The van der Waals surface area contributed by atoms with Crippen LogP contribution in [0.15, 0.2) is 48.5 Å². The molecule has 5 nitrogen and oxygen atoms in total. The number of ether oxygens (including phenoxy) is 1. The summed E-state index contributed by atoms with van der Waals surface area (Å²) in [6.45, 7) is 1.70. The summed E-state index contributed by atoms with van der Waals surface area (Å²) < 4.78 is 5.48.